The van der Waals surface area contributed by atoms with Gasteiger partial charge in [-0.15, -0.1) is 0 Å². The second-order valence-electron chi connectivity index (χ2n) is 4.83. The number of ether oxygens (including phenoxy) is 1. The molecule has 0 spiro atoms. The van der Waals surface area contributed by atoms with Crippen LogP contribution in [-0.2, 0) is 6.42 Å². The summed E-state index contributed by atoms with van der Waals surface area (Å²) in [4.78, 5) is 0. The zero-order valence-electron chi connectivity index (χ0n) is 11.2. The van der Waals surface area contributed by atoms with Gasteiger partial charge in [0, 0.05) is 6.04 Å². The number of halogens is 1. The molecule has 0 saturated heterocycles. The summed E-state index contributed by atoms with van der Waals surface area (Å²) in [6, 6.07) is 13.7. The fourth-order valence-corrected chi connectivity index (χ4v) is 2.13. The molecule has 0 aliphatic rings. The van der Waals surface area contributed by atoms with Gasteiger partial charge in [0.1, 0.15) is 11.5 Å². The molecule has 2 rings (SSSR count). The topological polar surface area (TPSA) is 35.2 Å². The molecule has 2 aromatic rings. The van der Waals surface area contributed by atoms with Gasteiger partial charge in [0.15, 0.2) is 0 Å². The summed E-state index contributed by atoms with van der Waals surface area (Å²) in [6.07, 6.45) is 0.779. The van der Waals surface area contributed by atoms with E-state index in [1.165, 1.54) is 5.56 Å². The van der Waals surface area contributed by atoms with Gasteiger partial charge in [-0.3, -0.25) is 0 Å². The van der Waals surface area contributed by atoms with Crippen molar-refractivity contribution in [3.05, 3.63) is 58.6 Å². The van der Waals surface area contributed by atoms with Crippen molar-refractivity contribution >= 4 is 11.6 Å². The minimum atomic E-state index is 0.0930. The van der Waals surface area contributed by atoms with Gasteiger partial charge in [-0.2, -0.15) is 0 Å². The van der Waals surface area contributed by atoms with E-state index in [0.29, 0.717) is 10.8 Å². The number of aryl methyl sites for hydroxylation is 1. The van der Waals surface area contributed by atoms with E-state index >= 15 is 0 Å². The Morgan fingerprint density at radius 3 is 2.58 bits per heavy atom. The summed E-state index contributed by atoms with van der Waals surface area (Å²) in [6.45, 7) is 4.05. The van der Waals surface area contributed by atoms with Crippen LogP contribution in [0.1, 0.15) is 18.1 Å². The molecular formula is C16H18ClNO. The fourth-order valence-electron chi connectivity index (χ4n) is 1.96. The highest BCUT2D eigenvalue weighted by Gasteiger charge is 2.09. The van der Waals surface area contributed by atoms with Crippen molar-refractivity contribution in [2.75, 3.05) is 0 Å². The summed E-state index contributed by atoms with van der Waals surface area (Å²) in [5.41, 5.74) is 8.19. The lowest BCUT2D eigenvalue weighted by Crippen LogP contribution is -2.18. The first-order valence-corrected chi connectivity index (χ1v) is 6.71. The van der Waals surface area contributed by atoms with Gasteiger partial charge >= 0.3 is 0 Å². The Balaban J connectivity index is 2.32. The third-order valence-corrected chi connectivity index (χ3v) is 3.13. The van der Waals surface area contributed by atoms with Crippen molar-refractivity contribution in [3.8, 4) is 11.5 Å². The number of para-hydroxylation sites is 1. The molecule has 0 bridgehead atoms. The van der Waals surface area contributed by atoms with E-state index in [-0.39, 0.29) is 6.04 Å². The number of hydrogen-bond donors (Lipinski definition) is 1. The Bertz CT molecular complexity index is 566. The molecule has 0 heterocycles. The van der Waals surface area contributed by atoms with Crippen LogP contribution in [0.5, 0.6) is 11.5 Å². The van der Waals surface area contributed by atoms with E-state index in [4.69, 9.17) is 22.1 Å². The molecule has 1 unspecified atom stereocenters. The van der Waals surface area contributed by atoms with Gasteiger partial charge in [-0.05, 0) is 44.0 Å². The summed E-state index contributed by atoms with van der Waals surface area (Å²) >= 11 is 6.11. The summed E-state index contributed by atoms with van der Waals surface area (Å²) in [7, 11) is 0. The van der Waals surface area contributed by atoms with Crippen LogP contribution in [0.2, 0.25) is 5.02 Å². The van der Waals surface area contributed by atoms with Gasteiger partial charge in [0.2, 0.25) is 0 Å². The van der Waals surface area contributed by atoms with Gasteiger partial charge < -0.3 is 10.5 Å². The Morgan fingerprint density at radius 2 is 1.89 bits per heavy atom. The Morgan fingerprint density at radius 1 is 1.16 bits per heavy atom. The van der Waals surface area contributed by atoms with Crippen LogP contribution < -0.4 is 10.5 Å². The second kappa shape index (κ2) is 6.09. The molecule has 1 atom stereocenters. The highest BCUT2D eigenvalue weighted by molar-refractivity contribution is 6.32. The third kappa shape index (κ3) is 3.72. The Kier molecular flexibility index (Phi) is 4.46. The molecule has 0 aliphatic heterocycles. The molecule has 0 aromatic heterocycles. The minimum Gasteiger partial charge on any atom is -0.456 e. The molecule has 0 aliphatic carbocycles. The highest BCUT2D eigenvalue weighted by Crippen LogP contribution is 2.31. The molecule has 0 fully saturated rings. The van der Waals surface area contributed by atoms with Gasteiger partial charge in [0.05, 0.1) is 5.02 Å². The van der Waals surface area contributed by atoms with E-state index < -0.39 is 0 Å². The molecule has 19 heavy (non-hydrogen) atoms. The maximum Gasteiger partial charge on any atom is 0.146 e. The number of rotatable bonds is 4. The summed E-state index contributed by atoms with van der Waals surface area (Å²) in [5.74, 6) is 1.48. The third-order valence-electron chi connectivity index (χ3n) is 2.81. The van der Waals surface area contributed by atoms with Crippen LogP contribution in [-0.4, -0.2) is 6.04 Å². The van der Waals surface area contributed by atoms with Crippen LogP contribution in [0.3, 0.4) is 0 Å². The second-order valence-corrected chi connectivity index (χ2v) is 5.23. The van der Waals surface area contributed by atoms with E-state index in [1.807, 2.05) is 43.3 Å². The number of nitrogens with two attached hydrogens (primary N) is 1. The van der Waals surface area contributed by atoms with Crippen LogP contribution in [0.15, 0.2) is 42.5 Å². The predicted molar refractivity (Wildman–Crippen MR) is 80.1 cm³/mol. The summed E-state index contributed by atoms with van der Waals surface area (Å²) < 4.78 is 5.91. The maximum atomic E-state index is 6.11. The lowest BCUT2D eigenvalue weighted by atomic mass is 10.0. The SMILES string of the molecule is Cc1ccc(Oc2ccccc2Cl)c(CC(C)N)c1. The van der Waals surface area contributed by atoms with Crippen LogP contribution in [0.25, 0.3) is 0 Å². The molecule has 2 nitrogen and oxygen atoms in total. The monoisotopic (exact) mass is 275 g/mol. The standard InChI is InChI=1S/C16H18ClNO/c1-11-7-8-15(13(9-11)10-12(2)18)19-16-6-4-3-5-14(16)17/h3-9,12H,10,18H2,1-2H3. The Hall–Kier alpha value is -1.51. The molecule has 2 aromatic carbocycles. The average Bonchev–Trinajstić information content (AvgIpc) is 2.34. The van der Waals surface area contributed by atoms with E-state index in [0.717, 1.165) is 17.7 Å². The fraction of sp³-hybridized carbons (Fsp3) is 0.250. The quantitative estimate of drug-likeness (QED) is 0.901. The first-order valence-electron chi connectivity index (χ1n) is 6.34. The molecule has 0 radical (unpaired) electrons. The van der Waals surface area contributed by atoms with E-state index in [9.17, 15) is 0 Å². The normalized spacial score (nSPS) is 12.2. The summed E-state index contributed by atoms with van der Waals surface area (Å²) in [5, 5.41) is 0.606. The molecule has 2 N–H and O–H groups in total. The van der Waals surface area contributed by atoms with Crippen molar-refractivity contribution in [2.45, 2.75) is 26.3 Å². The van der Waals surface area contributed by atoms with Crippen molar-refractivity contribution < 1.29 is 4.74 Å². The van der Waals surface area contributed by atoms with Crippen molar-refractivity contribution in [2.24, 2.45) is 5.73 Å². The zero-order valence-corrected chi connectivity index (χ0v) is 11.9. The molecule has 0 saturated carbocycles. The molecule has 3 heteroatoms. The first kappa shape index (κ1) is 13.9. The zero-order chi connectivity index (χ0) is 13.8. The lowest BCUT2D eigenvalue weighted by Gasteiger charge is -2.14. The number of benzene rings is 2. The predicted octanol–water partition coefficient (Wildman–Crippen LogP) is 4.33. The first-order chi connectivity index (χ1) is 9.06. The number of hydrogen-bond acceptors (Lipinski definition) is 2. The van der Waals surface area contributed by atoms with E-state index in [2.05, 4.69) is 13.0 Å². The van der Waals surface area contributed by atoms with Crippen LogP contribution >= 0.6 is 11.6 Å². The molecule has 100 valence electrons. The van der Waals surface area contributed by atoms with Crippen LogP contribution in [0.4, 0.5) is 0 Å². The van der Waals surface area contributed by atoms with E-state index in [1.54, 1.807) is 0 Å². The highest BCUT2D eigenvalue weighted by atomic mass is 35.5. The maximum absolute atomic E-state index is 6.11. The Labute approximate surface area is 119 Å². The molecular weight excluding hydrogens is 258 g/mol. The van der Waals surface area contributed by atoms with Crippen molar-refractivity contribution in [1.82, 2.24) is 0 Å². The van der Waals surface area contributed by atoms with Gasteiger partial charge in [-0.1, -0.05) is 41.4 Å². The largest absolute Gasteiger partial charge is 0.456 e. The van der Waals surface area contributed by atoms with Crippen molar-refractivity contribution in [1.29, 1.82) is 0 Å². The van der Waals surface area contributed by atoms with Crippen molar-refractivity contribution in [3.63, 3.8) is 0 Å². The lowest BCUT2D eigenvalue weighted by molar-refractivity contribution is 0.474. The average molecular weight is 276 g/mol. The smallest absolute Gasteiger partial charge is 0.146 e. The minimum absolute atomic E-state index is 0.0930. The van der Waals surface area contributed by atoms with Gasteiger partial charge in [0.25, 0.3) is 0 Å². The molecule has 0 amide bonds. The van der Waals surface area contributed by atoms with Crippen LogP contribution in [0, 0.1) is 6.92 Å². The van der Waals surface area contributed by atoms with Gasteiger partial charge in [-0.25, -0.2) is 0 Å².